The minimum Gasteiger partial charge on any atom is -0.409 e. The first-order chi connectivity index (χ1) is 8.79. The van der Waals surface area contributed by atoms with Crippen molar-refractivity contribution >= 4 is 27.5 Å². The van der Waals surface area contributed by atoms with Crippen molar-refractivity contribution in [3.05, 3.63) is 29.3 Å². The van der Waals surface area contributed by atoms with Crippen LogP contribution in [0.15, 0.2) is 34.3 Å². The summed E-state index contributed by atoms with van der Waals surface area (Å²) in [5.74, 6) is -0.390. The number of amidine groups is 1. The van der Waals surface area contributed by atoms with Crippen LogP contribution in [0.3, 0.4) is 0 Å². The predicted octanol–water partition coefficient (Wildman–Crippen LogP) is 1.39. The van der Waals surface area contributed by atoms with Gasteiger partial charge in [0, 0.05) is 0 Å². The molecule has 0 fully saturated rings. The molecule has 19 heavy (non-hydrogen) atoms. The molecule has 0 aliphatic carbocycles. The molecule has 1 aromatic carbocycles. The maximum Gasteiger partial charge on any atom is 0.242 e. The zero-order valence-electron chi connectivity index (χ0n) is 10.5. The molecule has 0 saturated carbocycles. The summed E-state index contributed by atoms with van der Waals surface area (Å²) >= 11 is 5.86. The first kappa shape index (κ1) is 15.7. The lowest BCUT2D eigenvalue weighted by atomic mass is 10.1. The number of nitrogens with one attached hydrogen (secondary N) is 1. The second-order valence-corrected chi connectivity index (χ2v) is 6.39. The van der Waals surface area contributed by atoms with Crippen molar-refractivity contribution < 1.29 is 13.6 Å². The Morgan fingerprint density at radius 2 is 2.00 bits per heavy atom. The van der Waals surface area contributed by atoms with Gasteiger partial charge in [0.15, 0.2) is 5.84 Å². The zero-order chi connectivity index (χ0) is 14.6. The molecule has 0 heterocycles. The van der Waals surface area contributed by atoms with Gasteiger partial charge in [-0.2, -0.15) is 0 Å². The molecule has 0 saturated heterocycles. The fraction of sp³-hybridized carbons (Fsp3) is 0.364. The van der Waals surface area contributed by atoms with Gasteiger partial charge in [-0.3, -0.25) is 0 Å². The summed E-state index contributed by atoms with van der Waals surface area (Å²) in [5.41, 5.74) is 5.48. The largest absolute Gasteiger partial charge is 0.409 e. The van der Waals surface area contributed by atoms with Gasteiger partial charge in [0.25, 0.3) is 0 Å². The number of oxime groups is 1. The first-order valence-corrected chi connectivity index (χ1v) is 7.40. The lowest BCUT2D eigenvalue weighted by molar-refractivity contribution is 0.313. The third-order valence-electron chi connectivity index (χ3n) is 2.51. The van der Waals surface area contributed by atoms with E-state index in [0.717, 1.165) is 0 Å². The highest BCUT2D eigenvalue weighted by atomic mass is 35.5. The second kappa shape index (κ2) is 6.23. The summed E-state index contributed by atoms with van der Waals surface area (Å²) in [6.45, 7) is 3.50. The van der Waals surface area contributed by atoms with Crippen LogP contribution in [0.5, 0.6) is 0 Å². The van der Waals surface area contributed by atoms with Gasteiger partial charge in [0.1, 0.15) is 4.90 Å². The quantitative estimate of drug-likeness (QED) is 0.331. The van der Waals surface area contributed by atoms with Crippen LogP contribution in [0.4, 0.5) is 0 Å². The molecule has 8 heteroatoms. The summed E-state index contributed by atoms with van der Waals surface area (Å²) in [5, 5.41) is 11.6. The van der Waals surface area contributed by atoms with E-state index in [2.05, 4.69) is 9.88 Å². The van der Waals surface area contributed by atoms with Crippen LogP contribution < -0.4 is 10.5 Å². The smallest absolute Gasteiger partial charge is 0.242 e. The van der Waals surface area contributed by atoms with Crippen LogP contribution >= 0.6 is 11.6 Å². The average Bonchev–Trinajstić information content (AvgIpc) is 2.35. The molecule has 106 valence electrons. The molecule has 0 bridgehead atoms. The summed E-state index contributed by atoms with van der Waals surface area (Å²) in [7, 11) is -3.84. The molecule has 0 amide bonds. The van der Waals surface area contributed by atoms with E-state index in [0.29, 0.717) is 0 Å². The van der Waals surface area contributed by atoms with E-state index in [1.165, 1.54) is 12.1 Å². The van der Waals surface area contributed by atoms with Crippen molar-refractivity contribution in [2.24, 2.45) is 16.8 Å². The van der Waals surface area contributed by atoms with Gasteiger partial charge in [0.05, 0.1) is 11.1 Å². The molecule has 4 N–H and O–H groups in total. The van der Waals surface area contributed by atoms with Gasteiger partial charge >= 0.3 is 0 Å². The van der Waals surface area contributed by atoms with Gasteiger partial charge in [-0.05, 0) is 18.1 Å². The lowest BCUT2D eigenvalue weighted by Gasteiger charge is -2.21. The van der Waals surface area contributed by atoms with Crippen molar-refractivity contribution in [1.29, 1.82) is 0 Å². The Labute approximate surface area is 117 Å². The van der Waals surface area contributed by atoms with E-state index in [1.807, 2.05) is 0 Å². The normalized spacial score (nSPS) is 14.6. The average molecular weight is 306 g/mol. The molecule has 1 atom stereocenters. The van der Waals surface area contributed by atoms with Crippen molar-refractivity contribution in [1.82, 2.24) is 4.72 Å². The topological polar surface area (TPSA) is 105 Å². The molecule has 1 aromatic rings. The lowest BCUT2D eigenvalue weighted by Crippen LogP contribution is -2.47. The van der Waals surface area contributed by atoms with Crippen LogP contribution in [-0.4, -0.2) is 25.5 Å². The second-order valence-electron chi connectivity index (χ2n) is 4.30. The predicted molar refractivity (Wildman–Crippen MR) is 73.8 cm³/mol. The number of benzene rings is 1. The molecule has 0 aromatic heterocycles. The highest BCUT2D eigenvalue weighted by Gasteiger charge is 2.27. The van der Waals surface area contributed by atoms with Gasteiger partial charge in [-0.1, -0.05) is 42.7 Å². The maximum absolute atomic E-state index is 12.2. The summed E-state index contributed by atoms with van der Waals surface area (Å²) in [6, 6.07) is 5.24. The Balaban J connectivity index is 3.12. The maximum atomic E-state index is 12.2. The highest BCUT2D eigenvalue weighted by Crippen LogP contribution is 2.21. The Morgan fingerprint density at radius 3 is 2.47 bits per heavy atom. The first-order valence-electron chi connectivity index (χ1n) is 5.54. The van der Waals surface area contributed by atoms with Gasteiger partial charge in [0.2, 0.25) is 10.0 Å². The molecule has 1 rings (SSSR count). The van der Waals surface area contributed by atoms with E-state index >= 15 is 0 Å². The fourth-order valence-corrected chi connectivity index (χ4v) is 3.37. The summed E-state index contributed by atoms with van der Waals surface area (Å²) in [4.78, 5) is -0.0481. The van der Waals surface area contributed by atoms with E-state index in [1.54, 1.807) is 26.0 Å². The molecule has 0 aliphatic heterocycles. The third-order valence-corrected chi connectivity index (χ3v) is 4.45. The monoisotopic (exact) mass is 305 g/mol. The van der Waals surface area contributed by atoms with Gasteiger partial charge < -0.3 is 10.9 Å². The molecular weight excluding hydrogens is 290 g/mol. The third kappa shape index (κ3) is 3.82. The van der Waals surface area contributed by atoms with Crippen molar-refractivity contribution in [3.8, 4) is 0 Å². The van der Waals surface area contributed by atoms with E-state index in [9.17, 15) is 8.42 Å². The van der Waals surface area contributed by atoms with Crippen molar-refractivity contribution in [2.75, 3.05) is 0 Å². The number of rotatable bonds is 5. The van der Waals surface area contributed by atoms with Crippen molar-refractivity contribution in [2.45, 2.75) is 24.8 Å². The summed E-state index contributed by atoms with van der Waals surface area (Å²) < 4.78 is 26.8. The van der Waals surface area contributed by atoms with E-state index < -0.39 is 16.1 Å². The van der Waals surface area contributed by atoms with E-state index in [4.69, 9.17) is 22.5 Å². The molecule has 0 radical (unpaired) electrons. The Hall–Kier alpha value is -1.31. The minimum atomic E-state index is -3.84. The number of nitrogens with two attached hydrogens (primary N) is 1. The molecule has 1 unspecified atom stereocenters. The molecule has 0 spiro atoms. The van der Waals surface area contributed by atoms with Crippen LogP contribution in [0, 0.1) is 5.92 Å². The highest BCUT2D eigenvalue weighted by molar-refractivity contribution is 7.89. The van der Waals surface area contributed by atoms with Crippen LogP contribution in [0.2, 0.25) is 5.02 Å². The van der Waals surface area contributed by atoms with Crippen LogP contribution in [0.25, 0.3) is 0 Å². The van der Waals surface area contributed by atoms with Gasteiger partial charge in [-0.15, -0.1) is 0 Å². The Bertz CT molecular complexity index is 572. The Kier molecular flexibility index (Phi) is 5.16. The zero-order valence-corrected chi connectivity index (χ0v) is 12.1. The number of halogens is 1. The Morgan fingerprint density at radius 1 is 1.42 bits per heavy atom. The fourth-order valence-electron chi connectivity index (χ4n) is 1.49. The molecular formula is C11H16ClN3O3S. The SMILES string of the molecule is CC(C)C(NS(=O)(=O)c1ccccc1Cl)C(N)=NO. The molecule has 6 nitrogen and oxygen atoms in total. The van der Waals surface area contributed by atoms with Crippen molar-refractivity contribution in [3.63, 3.8) is 0 Å². The standard InChI is InChI=1S/C11H16ClN3O3S/c1-7(2)10(11(13)14-16)15-19(17,18)9-6-4-3-5-8(9)12/h3-7,10,15-16H,1-2H3,(H2,13,14). The molecule has 0 aliphatic rings. The number of sulfonamides is 1. The van der Waals surface area contributed by atoms with Crippen LogP contribution in [-0.2, 0) is 10.0 Å². The van der Waals surface area contributed by atoms with E-state index in [-0.39, 0.29) is 21.7 Å². The number of hydrogen-bond acceptors (Lipinski definition) is 4. The summed E-state index contributed by atoms with van der Waals surface area (Å²) in [6.07, 6.45) is 0. The number of nitrogens with zero attached hydrogens (tertiary/aromatic N) is 1. The van der Waals surface area contributed by atoms with Gasteiger partial charge in [-0.25, -0.2) is 13.1 Å². The van der Waals surface area contributed by atoms with Crippen LogP contribution in [0.1, 0.15) is 13.8 Å². The number of hydrogen-bond donors (Lipinski definition) is 3. The minimum absolute atomic E-state index is 0.0481.